The van der Waals surface area contributed by atoms with Crippen molar-refractivity contribution in [3.63, 3.8) is 0 Å². The van der Waals surface area contributed by atoms with E-state index in [0.717, 1.165) is 18.1 Å². The van der Waals surface area contributed by atoms with Crippen LogP contribution in [0.4, 0.5) is 0 Å². The van der Waals surface area contributed by atoms with Crippen LogP contribution in [-0.2, 0) is 0 Å². The summed E-state index contributed by atoms with van der Waals surface area (Å²) in [6.07, 6.45) is 6.89. The quantitative estimate of drug-likeness (QED) is 0.797. The second-order valence-corrected chi connectivity index (χ2v) is 6.39. The van der Waals surface area contributed by atoms with E-state index >= 15 is 0 Å². The fraction of sp³-hybridized carbons (Fsp3) is 1.00. The van der Waals surface area contributed by atoms with Gasteiger partial charge >= 0.3 is 0 Å². The average Bonchev–Trinajstić information content (AvgIpc) is 2.91. The first-order valence-corrected chi connectivity index (χ1v) is 8.46. The highest BCUT2D eigenvalue weighted by atomic mass is 15.3. The molecule has 3 nitrogen and oxygen atoms in total. The minimum absolute atomic E-state index is 0.746. The molecule has 3 unspecified atom stereocenters. The highest BCUT2D eigenvalue weighted by Crippen LogP contribution is 2.21. The molecule has 0 spiro atoms. The zero-order valence-electron chi connectivity index (χ0n) is 13.2. The minimum atomic E-state index is 0.746. The molecule has 0 aromatic rings. The molecule has 0 amide bonds. The summed E-state index contributed by atoms with van der Waals surface area (Å²) < 4.78 is 0. The van der Waals surface area contributed by atoms with Crippen LogP contribution in [0, 0.1) is 0 Å². The van der Waals surface area contributed by atoms with Crippen molar-refractivity contribution in [1.82, 2.24) is 15.1 Å². The number of rotatable bonds is 6. The van der Waals surface area contributed by atoms with Crippen LogP contribution in [0.25, 0.3) is 0 Å². The molecular formula is C16H33N3. The van der Waals surface area contributed by atoms with Crippen molar-refractivity contribution in [3.05, 3.63) is 0 Å². The van der Waals surface area contributed by atoms with Crippen LogP contribution in [-0.4, -0.2) is 60.6 Å². The maximum Gasteiger partial charge on any atom is 0.0235 e. The van der Waals surface area contributed by atoms with Crippen molar-refractivity contribution in [2.75, 3.05) is 32.7 Å². The average molecular weight is 267 g/mol. The predicted molar refractivity (Wildman–Crippen MR) is 82.6 cm³/mol. The molecule has 2 aliphatic rings. The first kappa shape index (κ1) is 15.3. The number of nitrogens with one attached hydrogen (secondary N) is 1. The molecule has 2 aliphatic heterocycles. The van der Waals surface area contributed by atoms with E-state index in [0.29, 0.717) is 0 Å². The molecular weight excluding hydrogens is 234 g/mol. The van der Waals surface area contributed by atoms with Crippen LogP contribution in [0.3, 0.4) is 0 Å². The maximum atomic E-state index is 3.69. The zero-order valence-corrected chi connectivity index (χ0v) is 13.2. The summed E-state index contributed by atoms with van der Waals surface area (Å²) in [6, 6.07) is 2.32. The number of likely N-dealkylation sites (N-methyl/N-ethyl adjacent to an activating group) is 1. The molecule has 3 atom stereocenters. The molecule has 2 rings (SSSR count). The molecule has 3 heteroatoms. The summed E-state index contributed by atoms with van der Waals surface area (Å²) in [7, 11) is 0. The fourth-order valence-electron chi connectivity index (χ4n) is 3.89. The van der Waals surface area contributed by atoms with Crippen molar-refractivity contribution in [2.45, 2.75) is 71.0 Å². The molecule has 0 saturated carbocycles. The van der Waals surface area contributed by atoms with E-state index in [9.17, 15) is 0 Å². The van der Waals surface area contributed by atoms with Crippen LogP contribution >= 0.6 is 0 Å². The lowest BCUT2D eigenvalue weighted by Crippen LogP contribution is -2.43. The van der Waals surface area contributed by atoms with Gasteiger partial charge in [-0.1, -0.05) is 20.3 Å². The third-order valence-corrected chi connectivity index (χ3v) is 5.18. The number of hydrogen-bond donors (Lipinski definition) is 1. The Balaban J connectivity index is 1.76. The van der Waals surface area contributed by atoms with E-state index < -0.39 is 0 Å². The molecule has 0 bridgehead atoms. The number of likely N-dealkylation sites (tertiary alicyclic amines) is 1. The first-order valence-electron chi connectivity index (χ1n) is 8.46. The van der Waals surface area contributed by atoms with Gasteiger partial charge in [-0.05, 0) is 52.2 Å². The Labute approximate surface area is 119 Å². The molecule has 2 fully saturated rings. The summed E-state index contributed by atoms with van der Waals surface area (Å²) in [4.78, 5) is 5.35. The van der Waals surface area contributed by atoms with Crippen LogP contribution in [0.1, 0.15) is 52.9 Å². The first-order chi connectivity index (χ1) is 9.24. The maximum absolute atomic E-state index is 3.69. The Kier molecular flexibility index (Phi) is 6.11. The second kappa shape index (κ2) is 7.61. The van der Waals surface area contributed by atoms with Crippen molar-refractivity contribution in [2.24, 2.45) is 0 Å². The highest BCUT2D eigenvalue weighted by Gasteiger charge is 2.30. The predicted octanol–water partition coefficient (Wildman–Crippen LogP) is 2.32. The molecule has 19 heavy (non-hydrogen) atoms. The zero-order chi connectivity index (χ0) is 13.7. The SMILES string of the molecule is CCN(CC)C1CCN(C(C)CC2CCCCN2)C1. The van der Waals surface area contributed by atoms with Gasteiger partial charge in [0.2, 0.25) is 0 Å². The van der Waals surface area contributed by atoms with Gasteiger partial charge in [0.25, 0.3) is 0 Å². The number of piperidine rings is 1. The largest absolute Gasteiger partial charge is 0.314 e. The van der Waals surface area contributed by atoms with Crippen LogP contribution in [0.2, 0.25) is 0 Å². The summed E-state index contributed by atoms with van der Waals surface area (Å²) in [5, 5.41) is 3.69. The Morgan fingerprint density at radius 3 is 2.63 bits per heavy atom. The minimum Gasteiger partial charge on any atom is -0.314 e. The molecule has 112 valence electrons. The van der Waals surface area contributed by atoms with Gasteiger partial charge in [0, 0.05) is 31.2 Å². The Bertz CT molecular complexity index is 246. The van der Waals surface area contributed by atoms with Crippen molar-refractivity contribution in [3.8, 4) is 0 Å². The van der Waals surface area contributed by atoms with Gasteiger partial charge in [-0.3, -0.25) is 9.80 Å². The van der Waals surface area contributed by atoms with E-state index in [2.05, 4.69) is 35.9 Å². The molecule has 0 aromatic carbocycles. The van der Waals surface area contributed by atoms with E-state index in [1.807, 2.05) is 0 Å². The monoisotopic (exact) mass is 267 g/mol. The smallest absolute Gasteiger partial charge is 0.0235 e. The normalized spacial score (nSPS) is 30.9. The molecule has 2 heterocycles. The highest BCUT2D eigenvalue weighted by molar-refractivity contribution is 4.87. The second-order valence-electron chi connectivity index (χ2n) is 6.39. The van der Waals surface area contributed by atoms with Crippen molar-refractivity contribution < 1.29 is 0 Å². The van der Waals surface area contributed by atoms with E-state index in [1.54, 1.807) is 0 Å². The van der Waals surface area contributed by atoms with E-state index in [1.165, 1.54) is 64.8 Å². The Morgan fingerprint density at radius 1 is 1.21 bits per heavy atom. The van der Waals surface area contributed by atoms with Crippen molar-refractivity contribution >= 4 is 0 Å². The van der Waals surface area contributed by atoms with Gasteiger partial charge in [-0.15, -0.1) is 0 Å². The van der Waals surface area contributed by atoms with Crippen LogP contribution in [0.15, 0.2) is 0 Å². The molecule has 1 N–H and O–H groups in total. The van der Waals surface area contributed by atoms with Gasteiger partial charge in [0.05, 0.1) is 0 Å². The van der Waals surface area contributed by atoms with Crippen LogP contribution in [0.5, 0.6) is 0 Å². The number of hydrogen-bond acceptors (Lipinski definition) is 3. The van der Waals surface area contributed by atoms with E-state index in [4.69, 9.17) is 0 Å². The lowest BCUT2D eigenvalue weighted by Gasteiger charge is -2.32. The van der Waals surface area contributed by atoms with Crippen LogP contribution < -0.4 is 5.32 Å². The topological polar surface area (TPSA) is 18.5 Å². The summed E-state index contributed by atoms with van der Waals surface area (Å²) >= 11 is 0. The fourth-order valence-corrected chi connectivity index (χ4v) is 3.89. The molecule has 0 aliphatic carbocycles. The summed E-state index contributed by atoms with van der Waals surface area (Å²) in [5.41, 5.74) is 0. The number of nitrogens with zero attached hydrogens (tertiary/aromatic N) is 2. The third kappa shape index (κ3) is 4.17. The van der Waals surface area contributed by atoms with E-state index in [-0.39, 0.29) is 0 Å². The molecule has 0 radical (unpaired) electrons. The summed E-state index contributed by atoms with van der Waals surface area (Å²) in [6.45, 7) is 13.2. The standard InChI is InChI=1S/C16H33N3/c1-4-18(5-2)16-9-11-19(13-16)14(3)12-15-8-6-7-10-17-15/h14-17H,4-13H2,1-3H3. The summed E-state index contributed by atoms with van der Waals surface area (Å²) in [5.74, 6) is 0. The molecule has 0 aromatic heterocycles. The molecule has 2 saturated heterocycles. The Morgan fingerprint density at radius 2 is 2.00 bits per heavy atom. The van der Waals surface area contributed by atoms with Gasteiger partial charge in [0.1, 0.15) is 0 Å². The van der Waals surface area contributed by atoms with Crippen molar-refractivity contribution in [1.29, 1.82) is 0 Å². The third-order valence-electron chi connectivity index (χ3n) is 5.18. The van der Waals surface area contributed by atoms with Gasteiger partial charge in [-0.25, -0.2) is 0 Å². The van der Waals surface area contributed by atoms with Gasteiger partial charge in [-0.2, -0.15) is 0 Å². The lowest BCUT2D eigenvalue weighted by atomic mass is 9.98. The Hall–Kier alpha value is -0.120. The lowest BCUT2D eigenvalue weighted by molar-refractivity contribution is 0.178. The van der Waals surface area contributed by atoms with Gasteiger partial charge in [0.15, 0.2) is 0 Å². The van der Waals surface area contributed by atoms with Gasteiger partial charge < -0.3 is 5.32 Å².